The van der Waals surface area contributed by atoms with Gasteiger partial charge in [0.2, 0.25) is 0 Å². The minimum Gasteiger partial charge on any atom is -0.497 e. The molecule has 6 nitrogen and oxygen atoms in total. The van der Waals surface area contributed by atoms with Crippen molar-refractivity contribution in [3.8, 4) is 11.4 Å². The quantitative estimate of drug-likeness (QED) is 0.649. The van der Waals surface area contributed by atoms with E-state index in [1.807, 2.05) is 17.0 Å². The van der Waals surface area contributed by atoms with Gasteiger partial charge < -0.3 is 19.5 Å². The van der Waals surface area contributed by atoms with Gasteiger partial charge in [-0.25, -0.2) is 4.98 Å². The molecule has 2 aliphatic rings. The number of ether oxygens (including phenoxy) is 1. The van der Waals surface area contributed by atoms with Crippen molar-refractivity contribution in [2.24, 2.45) is 0 Å². The number of nitrogens with one attached hydrogen (secondary N) is 1. The van der Waals surface area contributed by atoms with Crippen LogP contribution in [0.25, 0.3) is 5.69 Å². The topological polar surface area (TPSA) is 59.4 Å². The third-order valence-corrected chi connectivity index (χ3v) is 6.18. The molecule has 1 spiro atoms. The van der Waals surface area contributed by atoms with E-state index in [1.54, 1.807) is 25.4 Å². The van der Waals surface area contributed by atoms with Crippen LogP contribution in [0.2, 0.25) is 5.15 Å². The number of halogens is 1. The number of nitrogens with zero attached hydrogens (tertiary/aromatic N) is 3. The number of hydrogen-bond acceptors (Lipinski definition) is 4. The van der Waals surface area contributed by atoms with Crippen LogP contribution in [0, 0.1) is 0 Å². The molecule has 2 aliphatic heterocycles. The summed E-state index contributed by atoms with van der Waals surface area (Å²) in [5, 5.41) is 4.16. The summed E-state index contributed by atoms with van der Waals surface area (Å²) in [6.07, 6.45) is 5.28. The molecule has 0 unspecified atom stereocenters. The van der Waals surface area contributed by atoms with Gasteiger partial charge in [-0.15, -0.1) is 0 Å². The molecule has 1 amide bonds. The molecule has 1 aromatic carbocycles. The molecule has 1 fully saturated rings. The monoisotopic (exact) mass is 408 g/mol. The standard InChI is InChI=1S/C22H21ClN4O2/c1-29-16-5-6-18-17(13-16)25-22(19-3-2-10-27(18)19)8-11-26(12-9-22)21(28)15-4-7-20(23)24-14-15/h2-7,10,13-14,25H,8-9,11-12H2,1H3. The highest BCUT2D eigenvalue weighted by molar-refractivity contribution is 6.29. The van der Waals surface area contributed by atoms with Crippen molar-refractivity contribution in [1.29, 1.82) is 0 Å². The van der Waals surface area contributed by atoms with Gasteiger partial charge in [-0.2, -0.15) is 0 Å². The lowest BCUT2D eigenvalue weighted by molar-refractivity contribution is 0.0676. The highest BCUT2D eigenvalue weighted by atomic mass is 35.5. The van der Waals surface area contributed by atoms with Crippen molar-refractivity contribution < 1.29 is 9.53 Å². The van der Waals surface area contributed by atoms with Crippen LogP contribution in [0.15, 0.2) is 54.9 Å². The number of pyridine rings is 1. The predicted octanol–water partition coefficient (Wildman–Crippen LogP) is 4.09. The van der Waals surface area contributed by atoms with Gasteiger partial charge in [0.1, 0.15) is 10.9 Å². The largest absolute Gasteiger partial charge is 0.497 e. The number of piperidine rings is 1. The van der Waals surface area contributed by atoms with E-state index in [-0.39, 0.29) is 11.4 Å². The molecule has 148 valence electrons. The molecule has 1 N–H and O–H groups in total. The summed E-state index contributed by atoms with van der Waals surface area (Å²) in [6.45, 7) is 1.33. The number of anilines is 1. The Labute approximate surface area is 174 Å². The highest BCUT2D eigenvalue weighted by Crippen LogP contribution is 2.44. The third-order valence-electron chi connectivity index (χ3n) is 5.95. The lowest BCUT2D eigenvalue weighted by Crippen LogP contribution is -2.51. The average Bonchev–Trinajstić information content (AvgIpc) is 3.25. The first-order valence-electron chi connectivity index (χ1n) is 9.65. The molecular weight excluding hydrogens is 388 g/mol. The Kier molecular flexibility index (Phi) is 4.24. The highest BCUT2D eigenvalue weighted by Gasteiger charge is 2.42. The second-order valence-corrected chi connectivity index (χ2v) is 7.90. The Morgan fingerprint density at radius 1 is 1.21 bits per heavy atom. The van der Waals surface area contributed by atoms with E-state index in [0.717, 1.165) is 30.0 Å². The van der Waals surface area contributed by atoms with E-state index in [0.29, 0.717) is 23.8 Å². The van der Waals surface area contributed by atoms with E-state index in [9.17, 15) is 4.79 Å². The molecule has 0 radical (unpaired) electrons. The molecule has 0 aliphatic carbocycles. The third kappa shape index (κ3) is 2.95. The van der Waals surface area contributed by atoms with Crippen LogP contribution >= 0.6 is 11.6 Å². The van der Waals surface area contributed by atoms with Crippen LogP contribution in [0.3, 0.4) is 0 Å². The maximum absolute atomic E-state index is 12.9. The van der Waals surface area contributed by atoms with Crippen LogP contribution < -0.4 is 10.1 Å². The first-order chi connectivity index (χ1) is 14.1. The van der Waals surface area contributed by atoms with Gasteiger partial charge in [0, 0.05) is 37.2 Å². The van der Waals surface area contributed by atoms with Crippen molar-refractivity contribution in [2.75, 3.05) is 25.5 Å². The molecule has 4 heterocycles. The summed E-state index contributed by atoms with van der Waals surface area (Å²) in [7, 11) is 1.68. The van der Waals surface area contributed by atoms with Crippen molar-refractivity contribution in [3.05, 3.63) is 71.3 Å². The average molecular weight is 409 g/mol. The number of methoxy groups -OCH3 is 1. The van der Waals surface area contributed by atoms with Gasteiger partial charge in [0.05, 0.1) is 29.6 Å². The van der Waals surface area contributed by atoms with E-state index in [1.165, 1.54) is 5.69 Å². The number of fused-ring (bicyclic) bond motifs is 4. The van der Waals surface area contributed by atoms with Crippen LogP contribution in [-0.4, -0.2) is 40.6 Å². The second-order valence-electron chi connectivity index (χ2n) is 7.52. The van der Waals surface area contributed by atoms with Crippen molar-refractivity contribution in [2.45, 2.75) is 18.4 Å². The molecule has 7 heteroatoms. The minimum atomic E-state index is -0.210. The molecule has 5 rings (SSSR count). The Balaban J connectivity index is 1.41. The molecule has 1 saturated heterocycles. The summed E-state index contributed by atoms with van der Waals surface area (Å²) >= 11 is 5.84. The minimum absolute atomic E-state index is 0.00252. The van der Waals surface area contributed by atoms with Gasteiger partial charge in [0.25, 0.3) is 5.91 Å². The fraction of sp³-hybridized carbons (Fsp3) is 0.273. The van der Waals surface area contributed by atoms with E-state index in [4.69, 9.17) is 16.3 Å². The van der Waals surface area contributed by atoms with Crippen LogP contribution in [-0.2, 0) is 5.54 Å². The lowest BCUT2D eigenvalue weighted by atomic mass is 9.82. The summed E-state index contributed by atoms with van der Waals surface area (Å²) in [5.74, 6) is 0.821. The molecule has 0 bridgehead atoms. The summed E-state index contributed by atoms with van der Waals surface area (Å²) in [5.41, 5.74) is 3.76. The molecule has 29 heavy (non-hydrogen) atoms. The summed E-state index contributed by atoms with van der Waals surface area (Å²) < 4.78 is 7.66. The number of amides is 1. The second kappa shape index (κ2) is 6.81. The lowest BCUT2D eigenvalue weighted by Gasteiger charge is -2.46. The fourth-order valence-electron chi connectivity index (χ4n) is 4.41. The Morgan fingerprint density at radius 2 is 2.03 bits per heavy atom. The normalized spacial score (nSPS) is 16.7. The molecule has 0 saturated carbocycles. The zero-order valence-electron chi connectivity index (χ0n) is 16.1. The van der Waals surface area contributed by atoms with Gasteiger partial charge in [-0.3, -0.25) is 4.79 Å². The number of carbonyl (C=O) groups excluding carboxylic acids is 1. The molecule has 0 atom stereocenters. The predicted molar refractivity (Wildman–Crippen MR) is 112 cm³/mol. The van der Waals surface area contributed by atoms with Gasteiger partial charge in [-0.05, 0) is 49.2 Å². The number of carbonyl (C=O) groups is 1. The van der Waals surface area contributed by atoms with Gasteiger partial charge in [0.15, 0.2) is 0 Å². The fourth-order valence-corrected chi connectivity index (χ4v) is 4.52. The van der Waals surface area contributed by atoms with E-state index < -0.39 is 0 Å². The molecule has 2 aromatic heterocycles. The Morgan fingerprint density at radius 3 is 2.76 bits per heavy atom. The number of rotatable bonds is 2. The number of likely N-dealkylation sites (tertiary alicyclic amines) is 1. The summed E-state index contributed by atoms with van der Waals surface area (Å²) in [6, 6.07) is 13.7. The molecular formula is C22H21ClN4O2. The summed E-state index contributed by atoms with van der Waals surface area (Å²) in [4.78, 5) is 18.8. The van der Waals surface area contributed by atoms with Crippen LogP contribution in [0.5, 0.6) is 5.75 Å². The van der Waals surface area contributed by atoms with E-state index in [2.05, 4.69) is 39.3 Å². The van der Waals surface area contributed by atoms with Crippen LogP contribution in [0.4, 0.5) is 5.69 Å². The van der Waals surface area contributed by atoms with Crippen LogP contribution in [0.1, 0.15) is 28.9 Å². The maximum atomic E-state index is 12.9. The van der Waals surface area contributed by atoms with Crippen molar-refractivity contribution >= 4 is 23.2 Å². The van der Waals surface area contributed by atoms with Gasteiger partial charge in [-0.1, -0.05) is 11.6 Å². The van der Waals surface area contributed by atoms with Crippen molar-refractivity contribution in [3.63, 3.8) is 0 Å². The zero-order valence-corrected chi connectivity index (χ0v) is 16.8. The van der Waals surface area contributed by atoms with E-state index >= 15 is 0 Å². The Bertz CT molecular complexity index is 1070. The maximum Gasteiger partial charge on any atom is 0.255 e. The SMILES string of the molecule is COc1ccc2c(c1)NC1(CCN(C(=O)c3ccc(Cl)nc3)CC1)c1cccn1-2. The first kappa shape index (κ1) is 18.1. The first-order valence-corrected chi connectivity index (χ1v) is 10.0. The number of aromatic nitrogens is 2. The number of benzene rings is 1. The number of hydrogen-bond donors (Lipinski definition) is 1. The van der Waals surface area contributed by atoms with Crippen molar-refractivity contribution in [1.82, 2.24) is 14.5 Å². The zero-order chi connectivity index (χ0) is 20.0. The smallest absolute Gasteiger partial charge is 0.255 e. The Hall–Kier alpha value is -2.99. The molecule has 3 aromatic rings. The van der Waals surface area contributed by atoms with Gasteiger partial charge >= 0.3 is 0 Å².